The second kappa shape index (κ2) is 5.69. The Kier molecular flexibility index (Phi) is 5.12. The minimum absolute atomic E-state index is 0.0417. The van der Waals surface area contributed by atoms with Crippen molar-refractivity contribution in [2.75, 3.05) is 17.2 Å². The van der Waals surface area contributed by atoms with E-state index in [1.54, 1.807) is 0 Å². The zero-order chi connectivity index (χ0) is 14.6. The highest BCUT2D eigenvalue weighted by molar-refractivity contribution is 7.94. The Hall–Kier alpha value is -1.81. The molecule has 0 saturated carbocycles. The number of nitrogens with two attached hydrogens (primary N) is 3. The Morgan fingerprint density at radius 2 is 1.00 bits per heavy atom. The maximum absolute atomic E-state index is 9.44. The number of nitrogens with zero attached hydrogens (tertiary/aromatic N) is 3. The van der Waals surface area contributed by atoms with E-state index >= 15 is 0 Å². The van der Waals surface area contributed by atoms with Crippen LogP contribution in [0.5, 0.6) is 0 Å². The molecule has 0 aliphatic carbocycles. The quantitative estimate of drug-likeness (QED) is 0.348. The summed E-state index contributed by atoms with van der Waals surface area (Å²) in [5.41, 5.74) is 15.4. The van der Waals surface area contributed by atoms with Gasteiger partial charge >= 0.3 is 20.8 Å². The Bertz CT molecular complexity index is 530. The summed E-state index contributed by atoms with van der Waals surface area (Å²) < 4.78 is 55.6. The molecule has 104 valence electrons. The normalized spacial score (nSPS) is 11.4. The van der Waals surface area contributed by atoms with Crippen LogP contribution in [0.15, 0.2) is 0 Å². The molecule has 1 aromatic heterocycles. The Morgan fingerprint density at radius 3 is 1.11 bits per heavy atom. The minimum atomic E-state index is -5.12. The Morgan fingerprint density at radius 1 is 0.778 bits per heavy atom. The summed E-state index contributed by atoms with van der Waals surface area (Å²) in [7, 11) is -10.2. The van der Waals surface area contributed by atoms with Crippen molar-refractivity contribution in [3.8, 4) is 0 Å². The third-order valence-corrected chi connectivity index (χ3v) is 2.24. The van der Waals surface area contributed by atoms with Crippen molar-refractivity contribution < 1.29 is 29.6 Å². The number of nitrogen functional groups attached to an aromatic ring is 3. The second-order valence-corrected chi connectivity index (χ2v) is 4.59. The largest absolute Gasteiger partial charge is 0.413 e. The van der Waals surface area contributed by atoms with Crippen LogP contribution in [0.1, 0.15) is 0 Å². The van der Waals surface area contributed by atoms with Crippen molar-refractivity contribution >= 4 is 38.6 Å². The molecular formula is C3H8N6O7S2. The molecule has 13 nitrogen and oxygen atoms in total. The molecule has 0 spiro atoms. The summed E-state index contributed by atoms with van der Waals surface area (Å²) in [5, 5.41) is 0. The first kappa shape index (κ1) is 16.2. The first-order valence-electron chi connectivity index (χ1n) is 3.57. The van der Waals surface area contributed by atoms with E-state index < -0.39 is 20.8 Å². The van der Waals surface area contributed by atoms with Gasteiger partial charge in [0, 0.05) is 0 Å². The van der Waals surface area contributed by atoms with Gasteiger partial charge in [-0.2, -0.15) is 31.8 Å². The number of rotatable bonds is 2. The van der Waals surface area contributed by atoms with Gasteiger partial charge in [0.05, 0.1) is 0 Å². The molecule has 0 aliphatic heterocycles. The van der Waals surface area contributed by atoms with Crippen LogP contribution in [0.3, 0.4) is 0 Å². The van der Waals surface area contributed by atoms with Gasteiger partial charge in [0.25, 0.3) is 0 Å². The fraction of sp³-hybridized carbons (Fsp3) is 0. The van der Waals surface area contributed by atoms with Crippen LogP contribution in [0, 0.1) is 0 Å². The van der Waals surface area contributed by atoms with Gasteiger partial charge in [-0.1, -0.05) is 0 Å². The van der Waals surface area contributed by atoms with Crippen molar-refractivity contribution in [3.05, 3.63) is 0 Å². The van der Waals surface area contributed by atoms with Gasteiger partial charge in [-0.15, -0.1) is 3.63 Å². The van der Waals surface area contributed by atoms with Crippen molar-refractivity contribution in [3.63, 3.8) is 0 Å². The van der Waals surface area contributed by atoms with E-state index in [0.717, 1.165) is 0 Å². The van der Waals surface area contributed by atoms with Gasteiger partial charge in [-0.25, -0.2) is 0 Å². The molecule has 1 rings (SSSR count). The zero-order valence-corrected chi connectivity index (χ0v) is 9.96. The molecular weight excluding hydrogens is 296 g/mol. The topological polar surface area (TPSA) is 235 Å². The van der Waals surface area contributed by atoms with Crippen LogP contribution in [0.2, 0.25) is 0 Å². The van der Waals surface area contributed by atoms with Crippen molar-refractivity contribution in [2.45, 2.75) is 0 Å². The molecule has 1 heterocycles. The molecule has 0 unspecified atom stereocenters. The molecule has 8 N–H and O–H groups in total. The first-order chi connectivity index (χ1) is 7.89. The third kappa shape index (κ3) is 9.42. The van der Waals surface area contributed by atoms with Gasteiger partial charge in [0.15, 0.2) is 0 Å². The van der Waals surface area contributed by atoms with Gasteiger partial charge in [-0.3, -0.25) is 9.11 Å². The van der Waals surface area contributed by atoms with Crippen LogP contribution in [0.4, 0.5) is 17.8 Å². The van der Waals surface area contributed by atoms with Crippen LogP contribution in [-0.4, -0.2) is 40.9 Å². The smallest absolute Gasteiger partial charge is 0.368 e. The lowest BCUT2D eigenvalue weighted by atomic mass is 10.9. The standard InChI is InChI=1S/C3H6N6.H2O7S2/c4-1-7-2(5)9-3(6)8-1;1-8(2,3)7-9(4,5)6/h(H6,4,5,6,7,8,9);(H,1,2,3)(H,4,5,6). The maximum Gasteiger partial charge on any atom is 0.413 e. The van der Waals surface area contributed by atoms with Crippen LogP contribution in [-0.2, 0) is 24.4 Å². The number of hydrogen-bond acceptors (Lipinski definition) is 11. The molecule has 15 heteroatoms. The number of anilines is 3. The van der Waals surface area contributed by atoms with E-state index in [1.807, 2.05) is 0 Å². The predicted octanol–water partition coefficient (Wildman–Crippen LogP) is -2.77. The van der Waals surface area contributed by atoms with Gasteiger partial charge in [0.1, 0.15) is 0 Å². The summed E-state index contributed by atoms with van der Waals surface area (Å²) in [4.78, 5) is 10.5. The monoisotopic (exact) mass is 304 g/mol. The molecule has 0 aliphatic rings. The fourth-order valence-corrected chi connectivity index (χ4v) is 1.41. The fourth-order valence-electron chi connectivity index (χ4n) is 0.536. The maximum atomic E-state index is 9.44. The third-order valence-electron chi connectivity index (χ3n) is 0.859. The average Bonchev–Trinajstić information content (AvgIpc) is 1.92. The number of aromatic nitrogens is 3. The Balaban J connectivity index is 0.000000321. The SMILES string of the molecule is Nc1nc(N)nc(N)n1.O=S(=O)(O)OS(=O)(=O)O. The van der Waals surface area contributed by atoms with E-state index in [1.165, 1.54) is 0 Å². The van der Waals surface area contributed by atoms with Crippen molar-refractivity contribution in [1.82, 2.24) is 15.0 Å². The van der Waals surface area contributed by atoms with E-state index in [4.69, 9.17) is 26.3 Å². The van der Waals surface area contributed by atoms with E-state index in [9.17, 15) is 16.8 Å². The summed E-state index contributed by atoms with van der Waals surface area (Å²) in [6, 6.07) is 0. The number of hydrogen-bond donors (Lipinski definition) is 5. The molecule has 1 aromatic rings. The highest BCUT2D eigenvalue weighted by Crippen LogP contribution is 1.97. The lowest BCUT2D eigenvalue weighted by molar-refractivity contribution is 0.344. The lowest BCUT2D eigenvalue weighted by Gasteiger charge is -1.93. The van der Waals surface area contributed by atoms with Crippen LogP contribution >= 0.6 is 0 Å². The van der Waals surface area contributed by atoms with E-state index in [0.29, 0.717) is 0 Å². The highest BCUT2D eigenvalue weighted by atomic mass is 32.3. The lowest BCUT2D eigenvalue weighted by Crippen LogP contribution is -2.10. The predicted molar refractivity (Wildman–Crippen MR) is 57.2 cm³/mol. The summed E-state index contributed by atoms with van der Waals surface area (Å²) >= 11 is 0. The van der Waals surface area contributed by atoms with Gasteiger partial charge < -0.3 is 17.2 Å². The van der Waals surface area contributed by atoms with Crippen LogP contribution < -0.4 is 17.2 Å². The summed E-state index contributed by atoms with van der Waals surface area (Å²) in [6.07, 6.45) is 0. The summed E-state index contributed by atoms with van der Waals surface area (Å²) in [5.74, 6) is 0.125. The molecule has 0 bridgehead atoms. The van der Waals surface area contributed by atoms with Gasteiger partial charge in [0.2, 0.25) is 17.8 Å². The van der Waals surface area contributed by atoms with Crippen molar-refractivity contribution in [2.24, 2.45) is 0 Å². The minimum Gasteiger partial charge on any atom is -0.368 e. The van der Waals surface area contributed by atoms with Gasteiger partial charge in [-0.05, 0) is 0 Å². The second-order valence-electron chi connectivity index (χ2n) is 2.33. The first-order valence-corrected chi connectivity index (χ1v) is 6.30. The summed E-state index contributed by atoms with van der Waals surface area (Å²) in [6.45, 7) is 0. The molecule has 18 heavy (non-hydrogen) atoms. The molecule has 0 radical (unpaired) electrons. The molecule has 0 atom stereocenters. The average molecular weight is 304 g/mol. The van der Waals surface area contributed by atoms with Crippen molar-refractivity contribution in [1.29, 1.82) is 0 Å². The molecule has 0 fully saturated rings. The van der Waals surface area contributed by atoms with E-state index in [-0.39, 0.29) is 17.8 Å². The molecule has 0 aromatic carbocycles. The van der Waals surface area contributed by atoms with E-state index in [2.05, 4.69) is 18.6 Å². The van der Waals surface area contributed by atoms with Crippen LogP contribution in [0.25, 0.3) is 0 Å². The molecule has 0 saturated heterocycles. The Labute approximate surface area is 101 Å². The molecule has 0 amide bonds. The highest BCUT2D eigenvalue weighted by Gasteiger charge is 2.15. The zero-order valence-electron chi connectivity index (χ0n) is 8.33.